The lowest BCUT2D eigenvalue weighted by atomic mass is 9.97. The van der Waals surface area contributed by atoms with Gasteiger partial charge in [-0.3, -0.25) is 4.79 Å². The fourth-order valence-corrected chi connectivity index (χ4v) is 2.23. The Morgan fingerprint density at radius 3 is 2.65 bits per heavy atom. The van der Waals surface area contributed by atoms with Crippen LogP contribution in [0.1, 0.15) is 43.4 Å². The smallest absolute Gasteiger partial charge is 0.307 e. The molecule has 0 bridgehead atoms. The molecule has 0 saturated heterocycles. The average Bonchev–Trinajstić information content (AvgIpc) is 2.39. The van der Waals surface area contributed by atoms with Crippen molar-refractivity contribution < 1.29 is 14.6 Å². The highest BCUT2D eigenvalue weighted by atomic mass is 35.5. The van der Waals surface area contributed by atoms with Crippen molar-refractivity contribution in [3.8, 4) is 5.75 Å². The maximum absolute atomic E-state index is 10.7. The Kier molecular flexibility index (Phi) is 6.08. The van der Waals surface area contributed by atoms with Gasteiger partial charge in [-0.05, 0) is 50.0 Å². The zero-order chi connectivity index (χ0) is 15.3. The summed E-state index contributed by atoms with van der Waals surface area (Å²) in [4.78, 5) is 10.7. The van der Waals surface area contributed by atoms with E-state index < -0.39 is 5.97 Å². The van der Waals surface area contributed by atoms with Crippen molar-refractivity contribution in [3.05, 3.63) is 33.9 Å². The Morgan fingerprint density at radius 1 is 1.45 bits per heavy atom. The Labute approximate surface area is 125 Å². The van der Waals surface area contributed by atoms with Crippen LogP contribution in [0.4, 0.5) is 0 Å². The molecule has 20 heavy (non-hydrogen) atoms. The maximum Gasteiger partial charge on any atom is 0.307 e. The fraction of sp³-hybridized carbons (Fsp3) is 0.438. The fourth-order valence-electron chi connectivity index (χ4n) is 2.08. The molecule has 0 saturated carbocycles. The summed E-state index contributed by atoms with van der Waals surface area (Å²) >= 11 is 6.30. The number of carbonyl (C=O) groups is 1. The molecule has 1 N–H and O–H groups in total. The van der Waals surface area contributed by atoms with E-state index in [2.05, 4.69) is 0 Å². The third-order valence-electron chi connectivity index (χ3n) is 3.08. The largest absolute Gasteiger partial charge is 0.493 e. The van der Waals surface area contributed by atoms with Crippen molar-refractivity contribution in [1.82, 2.24) is 0 Å². The number of carboxylic acids is 1. The second-order valence-electron chi connectivity index (χ2n) is 4.84. The predicted octanol–water partition coefficient (Wildman–Crippen LogP) is 4.62. The van der Waals surface area contributed by atoms with Crippen LogP contribution in [0, 0.1) is 13.8 Å². The zero-order valence-electron chi connectivity index (χ0n) is 12.4. The van der Waals surface area contributed by atoms with E-state index in [4.69, 9.17) is 21.4 Å². The molecule has 0 spiro atoms. The van der Waals surface area contributed by atoms with Crippen molar-refractivity contribution in [2.24, 2.45) is 0 Å². The first-order valence-electron chi connectivity index (χ1n) is 6.69. The molecule has 0 aliphatic carbocycles. The number of benzene rings is 1. The quantitative estimate of drug-likeness (QED) is 0.833. The van der Waals surface area contributed by atoms with Gasteiger partial charge in [0, 0.05) is 10.6 Å². The molecular formula is C16H21ClO3. The van der Waals surface area contributed by atoms with Crippen LogP contribution in [0.25, 0.3) is 5.57 Å². The lowest BCUT2D eigenvalue weighted by molar-refractivity contribution is -0.135. The van der Waals surface area contributed by atoms with Gasteiger partial charge in [-0.1, -0.05) is 24.6 Å². The highest BCUT2D eigenvalue weighted by molar-refractivity contribution is 6.32. The first-order valence-corrected chi connectivity index (χ1v) is 7.07. The van der Waals surface area contributed by atoms with Crippen molar-refractivity contribution >= 4 is 23.1 Å². The van der Waals surface area contributed by atoms with E-state index in [9.17, 15) is 4.79 Å². The summed E-state index contributed by atoms with van der Waals surface area (Å²) in [6.45, 7) is 8.42. The van der Waals surface area contributed by atoms with Crippen LogP contribution in [0.2, 0.25) is 5.02 Å². The lowest BCUT2D eigenvalue weighted by Gasteiger charge is -2.17. The Hall–Kier alpha value is -1.48. The summed E-state index contributed by atoms with van der Waals surface area (Å²) < 4.78 is 5.78. The van der Waals surface area contributed by atoms with Gasteiger partial charge in [0.25, 0.3) is 0 Å². The van der Waals surface area contributed by atoms with Crippen LogP contribution in [-0.2, 0) is 4.79 Å². The number of aliphatic carboxylic acids is 1. The second kappa shape index (κ2) is 7.34. The van der Waals surface area contributed by atoms with Crippen LogP contribution in [0.3, 0.4) is 0 Å². The van der Waals surface area contributed by atoms with Crippen LogP contribution >= 0.6 is 11.6 Å². The van der Waals surface area contributed by atoms with E-state index in [1.807, 2.05) is 33.8 Å². The summed E-state index contributed by atoms with van der Waals surface area (Å²) in [5, 5.41) is 9.49. The molecular weight excluding hydrogens is 276 g/mol. The summed E-state index contributed by atoms with van der Waals surface area (Å²) in [5.74, 6) is -0.0818. The minimum absolute atomic E-state index is 0.00993. The number of aryl methyl sites for hydroxylation is 1. The van der Waals surface area contributed by atoms with E-state index in [1.54, 1.807) is 6.08 Å². The molecule has 0 amide bonds. The summed E-state index contributed by atoms with van der Waals surface area (Å²) in [7, 11) is 0. The predicted molar refractivity (Wildman–Crippen MR) is 82.6 cm³/mol. The van der Waals surface area contributed by atoms with Crippen molar-refractivity contribution in [2.75, 3.05) is 6.61 Å². The van der Waals surface area contributed by atoms with Gasteiger partial charge < -0.3 is 9.84 Å². The molecule has 0 unspecified atom stereocenters. The third kappa shape index (κ3) is 4.01. The van der Waals surface area contributed by atoms with Crippen molar-refractivity contribution in [1.29, 1.82) is 0 Å². The molecule has 0 atom stereocenters. The first-order chi connectivity index (χ1) is 9.38. The van der Waals surface area contributed by atoms with E-state index in [0.29, 0.717) is 11.6 Å². The van der Waals surface area contributed by atoms with Gasteiger partial charge in [-0.25, -0.2) is 0 Å². The Balaban J connectivity index is 3.30. The number of carboxylic acid groups (broad SMARTS) is 1. The van der Waals surface area contributed by atoms with Crippen LogP contribution < -0.4 is 4.74 Å². The molecule has 1 aromatic rings. The molecule has 1 rings (SSSR count). The molecule has 0 aromatic heterocycles. The van der Waals surface area contributed by atoms with E-state index >= 15 is 0 Å². The van der Waals surface area contributed by atoms with Gasteiger partial charge in [-0.2, -0.15) is 0 Å². The molecule has 0 fully saturated rings. The van der Waals surface area contributed by atoms with Crippen LogP contribution in [0.5, 0.6) is 5.75 Å². The minimum atomic E-state index is -0.851. The molecule has 0 aliphatic heterocycles. The Morgan fingerprint density at radius 2 is 2.10 bits per heavy atom. The topological polar surface area (TPSA) is 46.5 Å². The van der Waals surface area contributed by atoms with Gasteiger partial charge in [0.05, 0.1) is 13.0 Å². The van der Waals surface area contributed by atoms with E-state index in [0.717, 1.165) is 34.4 Å². The first kappa shape index (κ1) is 16.6. The second-order valence-corrected chi connectivity index (χ2v) is 5.22. The number of rotatable bonds is 6. The molecule has 4 heteroatoms. The van der Waals surface area contributed by atoms with E-state index in [1.165, 1.54) is 0 Å². The van der Waals surface area contributed by atoms with E-state index in [-0.39, 0.29) is 6.42 Å². The number of halogens is 1. The minimum Gasteiger partial charge on any atom is -0.493 e. The summed E-state index contributed by atoms with van der Waals surface area (Å²) in [5.41, 5.74) is 3.66. The molecule has 0 heterocycles. The number of ether oxygens (including phenoxy) is 1. The monoisotopic (exact) mass is 296 g/mol. The standard InChI is InChI=1S/C16H21ClO3/c1-5-8-20-13-9-11(3)16(17)12(4)15(13)10(2)6-7-14(18)19/h6,9H,5,7-8H2,1-4H3,(H,18,19)/b10-6+. The zero-order valence-corrected chi connectivity index (χ0v) is 13.2. The number of hydrogen-bond acceptors (Lipinski definition) is 2. The van der Waals surface area contributed by atoms with Gasteiger partial charge in [-0.15, -0.1) is 0 Å². The van der Waals surface area contributed by atoms with Crippen LogP contribution in [0.15, 0.2) is 12.1 Å². The normalized spacial score (nSPS) is 11.6. The highest BCUT2D eigenvalue weighted by Crippen LogP contribution is 2.36. The van der Waals surface area contributed by atoms with Crippen molar-refractivity contribution in [3.63, 3.8) is 0 Å². The Bertz CT molecular complexity index is 533. The molecule has 110 valence electrons. The summed E-state index contributed by atoms with van der Waals surface area (Å²) in [6.07, 6.45) is 2.59. The van der Waals surface area contributed by atoms with Crippen LogP contribution in [-0.4, -0.2) is 17.7 Å². The average molecular weight is 297 g/mol. The molecule has 0 radical (unpaired) electrons. The van der Waals surface area contributed by atoms with Gasteiger partial charge in [0.2, 0.25) is 0 Å². The number of hydrogen-bond donors (Lipinski definition) is 1. The third-order valence-corrected chi connectivity index (χ3v) is 3.66. The molecule has 3 nitrogen and oxygen atoms in total. The molecule has 1 aromatic carbocycles. The molecule has 0 aliphatic rings. The highest BCUT2D eigenvalue weighted by Gasteiger charge is 2.14. The lowest BCUT2D eigenvalue weighted by Crippen LogP contribution is -2.02. The van der Waals surface area contributed by atoms with Gasteiger partial charge in [0.1, 0.15) is 5.75 Å². The van der Waals surface area contributed by atoms with Crippen molar-refractivity contribution in [2.45, 2.75) is 40.5 Å². The summed E-state index contributed by atoms with van der Waals surface area (Å²) in [6, 6.07) is 1.92. The van der Waals surface area contributed by atoms with Gasteiger partial charge >= 0.3 is 5.97 Å². The number of allylic oxidation sites excluding steroid dienone is 1. The maximum atomic E-state index is 10.7. The SMILES string of the molecule is CCCOc1cc(C)c(Cl)c(C)c1/C(C)=C/CC(=O)O. The van der Waals surface area contributed by atoms with Gasteiger partial charge in [0.15, 0.2) is 0 Å².